The molecular weight excluding hydrogens is 368 g/mol. The topological polar surface area (TPSA) is 67.3 Å². The smallest absolute Gasteiger partial charge is 0.232 e. The van der Waals surface area contributed by atoms with Gasteiger partial charge in [-0.05, 0) is 44.1 Å². The van der Waals surface area contributed by atoms with Gasteiger partial charge in [0, 0.05) is 17.0 Å². The third-order valence-corrected chi connectivity index (χ3v) is 6.37. The largest absolute Gasteiger partial charge is 0.497 e. The number of nitrogens with zero attached hydrogens (tertiary/aromatic N) is 3. The number of thiazole rings is 2. The lowest BCUT2D eigenvalue weighted by Crippen LogP contribution is -2.40. The van der Waals surface area contributed by atoms with Crippen LogP contribution in [0.2, 0.25) is 0 Å². The Kier molecular flexibility index (Phi) is 5.14. The summed E-state index contributed by atoms with van der Waals surface area (Å²) in [6.45, 7) is 2.30. The molecule has 0 spiro atoms. The molecule has 26 heavy (non-hydrogen) atoms. The van der Waals surface area contributed by atoms with Gasteiger partial charge in [0.2, 0.25) is 5.91 Å². The lowest BCUT2D eigenvalue weighted by Gasteiger charge is -2.27. The Labute approximate surface area is 159 Å². The highest BCUT2D eigenvalue weighted by Gasteiger charge is 2.29. The molecule has 0 radical (unpaired) electrons. The first-order valence-electron chi connectivity index (χ1n) is 8.58. The molecule has 1 amide bonds. The van der Waals surface area contributed by atoms with Gasteiger partial charge in [0.05, 0.1) is 29.4 Å². The maximum Gasteiger partial charge on any atom is 0.232 e. The van der Waals surface area contributed by atoms with Crippen molar-refractivity contribution < 1.29 is 9.53 Å². The SMILES string of the molecule is COc1ccc2nc(N(Cc3cncs3)C(=O)C3CCNCC3)sc2c1. The first-order chi connectivity index (χ1) is 12.7. The van der Waals surface area contributed by atoms with Gasteiger partial charge in [-0.15, -0.1) is 11.3 Å². The van der Waals surface area contributed by atoms with Crippen molar-refractivity contribution in [3.05, 3.63) is 34.8 Å². The standard InChI is InChI=1S/C18H20N4O2S2/c1-24-13-2-3-15-16(8-13)26-18(21-15)22(10-14-9-20-11-25-14)17(23)12-4-6-19-7-5-12/h2-3,8-9,11-12,19H,4-7,10H2,1H3. The summed E-state index contributed by atoms with van der Waals surface area (Å²) in [5.41, 5.74) is 2.68. The number of aromatic nitrogens is 2. The Morgan fingerprint density at radius 2 is 2.23 bits per heavy atom. The third kappa shape index (κ3) is 3.58. The molecule has 8 heteroatoms. The van der Waals surface area contributed by atoms with Gasteiger partial charge in [-0.1, -0.05) is 11.3 Å². The molecule has 3 heterocycles. The Morgan fingerprint density at radius 3 is 2.96 bits per heavy atom. The van der Waals surface area contributed by atoms with Gasteiger partial charge < -0.3 is 10.1 Å². The Hall–Kier alpha value is -2.03. The zero-order valence-electron chi connectivity index (χ0n) is 14.5. The van der Waals surface area contributed by atoms with Crippen LogP contribution in [0.3, 0.4) is 0 Å². The molecule has 2 aromatic heterocycles. The summed E-state index contributed by atoms with van der Waals surface area (Å²) in [4.78, 5) is 25.0. The van der Waals surface area contributed by atoms with Crippen molar-refractivity contribution in [3.63, 3.8) is 0 Å². The summed E-state index contributed by atoms with van der Waals surface area (Å²) in [5, 5.41) is 4.06. The van der Waals surface area contributed by atoms with E-state index in [1.165, 1.54) is 11.3 Å². The molecule has 4 rings (SSSR count). The molecule has 1 aromatic carbocycles. The van der Waals surface area contributed by atoms with Crippen LogP contribution in [-0.4, -0.2) is 36.1 Å². The minimum absolute atomic E-state index is 0.0470. The van der Waals surface area contributed by atoms with Crippen molar-refractivity contribution >= 4 is 43.9 Å². The summed E-state index contributed by atoms with van der Waals surface area (Å²) >= 11 is 3.09. The molecule has 0 bridgehead atoms. The average molecular weight is 389 g/mol. The van der Waals surface area contributed by atoms with Crippen molar-refractivity contribution in [2.24, 2.45) is 5.92 Å². The van der Waals surface area contributed by atoms with Crippen LogP contribution in [0.25, 0.3) is 10.2 Å². The number of anilines is 1. The maximum absolute atomic E-state index is 13.2. The number of benzene rings is 1. The van der Waals surface area contributed by atoms with Crippen LogP contribution in [0.5, 0.6) is 5.75 Å². The van der Waals surface area contributed by atoms with E-state index >= 15 is 0 Å². The van der Waals surface area contributed by atoms with E-state index in [1.807, 2.05) is 29.3 Å². The fraction of sp³-hybridized carbons (Fsp3) is 0.389. The summed E-state index contributed by atoms with van der Waals surface area (Å²) in [6.07, 6.45) is 3.57. The molecule has 1 fully saturated rings. The summed E-state index contributed by atoms with van der Waals surface area (Å²) in [5.74, 6) is 1.00. The lowest BCUT2D eigenvalue weighted by molar-refractivity contribution is -0.123. The minimum atomic E-state index is 0.0470. The molecule has 1 saturated heterocycles. The van der Waals surface area contributed by atoms with Gasteiger partial charge >= 0.3 is 0 Å². The molecule has 0 saturated carbocycles. The molecular formula is C18H20N4O2S2. The number of methoxy groups -OCH3 is 1. The van der Waals surface area contributed by atoms with Crippen LogP contribution in [0.4, 0.5) is 5.13 Å². The third-order valence-electron chi connectivity index (χ3n) is 4.57. The molecule has 1 aliphatic heterocycles. The summed E-state index contributed by atoms with van der Waals surface area (Å²) < 4.78 is 6.32. The molecule has 136 valence electrons. The highest BCUT2D eigenvalue weighted by atomic mass is 32.1. The predicted molar refractivity (Wildman–Crippen MR) is 105 cm³/mol. The number of piperidine rings is 1. The van der Waals surface area contributed by atoms with Crippen LogP contribution in [0, 0.1) is 5.92 Å². The number of carbonyl (C=O) groups is 1. The van der Waals surface area contributed by atoms with Gasteiger partial charge in [0.1, 0.15) is 5.75 Å². The normalized spacial score (nSPS) is 15.3. The quantitative estimate of drug-likeness (QED) is 0.726. The van der Waals surface area contributed by atoms with E-state index in [-0.39, 0.29) is 11.8 Å². The monoisotopic (exact) mass is 388 g/mol. The second-order valence-electron chi connectivity index (χ2n) is 6.25. The zero-order chi connectivity index (χ0) is 17.9. The molecule has 3 aromatic rings. The second kappa shape index (κ2) is 7.69. The fourth-order valence-electron chi connectivity index (χ4n) is 3.14. The van der Waals surface area contributed by atoms with Gasteiger partial charge in [-0.25, -0.2) is 4.98 Å². The second-order valence-corrected chi connectivity index (χ2v) is 8.23. The average Bonchev–Trinajstić information content (AvgIpc) is 3.34. The van der Waals surface area contributed by atoms with Crippen LogP contribution >= 0.6 is 22.7 Å². The van der Waals surface area contributed by atoms with Crippen molar-refractivity contribution in [3.8, 4) is 5.75 Å². The van der Waals surface area contributed by atoms with Crippen molar-refractivity contribution in [1.82, 2.24) is 15.3 Å². The first kappa shape index (κ1) is 17.4. The van der Waals surface area contributed by atoms with E-state index in [4.69, 9.17) is 9.72 Å². The van der Waals surface area contributed by atoms with E-state index < -0.39 is 0 Å². The highest BCUT2D eigenvalue weighted by molar-refractivity contribution is 7.22. The van der Waals surface area contributed by atoms with Crippen LogP contribution in [0.15, 0.2) is 29.9 Å². The number of fused-ring (bicyclic) bond motifs is 1. The van der Waals surface area contributed by atoms with Crippen LogP contribution < -0.4 is 15.0 Å². The molecule has 1 aliphatic rings. The maximum atomic E-state index is 13.2. The van der Waals surface area contributed by atoms with E-state index in [9.17, 15) is 4.79 Å². The van der Waals surface area contributed by atoms with E-state index in [2.05, 4.69) is 10.3 Å². The van der Waals surface area contributed by atoms with Crippen molar-refractivity contribution in [2.45, 2.75) is 19.4 Å². The molecule has 0 aliphatic carbocycles. The van der Waals surface area contributed by atoms with Crippen molar-refractivity contribution in [2.75, 3.05) is 25.1 Å². The Bertz CT molecular complexity index is 888. The van der Waals surface area contributed by atoms with Crippen LogP contribution in [-0.2, 0) is 11.3 Å². The number of rotatable bonds is 5. The molecule has 0 unspecified atom stereocenters. The number of ether oxygens (including phenoxy) is 1. The van der Waals surface area contributed by atoms with E-state index in [0.717, 1.165) is 51.9 Å². The predicted octanol–water partition coefficient (Wildman–Crippen LogP) is 3.29. The van der Waals surface area contributed by atoms with Gasteiger partial charge in [0.15, 0.2) is 5.13 Å². The Balaban J connectivity index is 1.68. The number of nitrogens with one attached hydrogen (secondary N) is 1. The van der Waals surface area contributed by atoms with Crippen molar-refractivity contribution in [1.29, 1.82) is 0 Å². The van der Waals surface area contributed by atoms with E-state index in [0.29, 0.717) is 6.54 Å². The molecule has 6 nitrogen and oxygen atoms in total. The summed E-state index contributed by atoms with van der Waals surface area (Å²) in [6, 6.07) is 5.80. The number of hydrogen-bond donors (Lipinski definition) is 1. The van der Waals surface area contributed by atoms with Crippen LogP contribution in [0.1, 0.15) is 17.7 Å². The van der Waals surface area contributed by atoms with Gasteiger partial charge in [-0.2, -0.15) is 0 Å². The lowest BCUT2D eigenvalue weighted by atomic mass is 9.96. The molecule has 0 atom stereocenters. The number of carbonyl (C=O) groups excluding carboxylic acids is 1. The zero-order valence-corrected chi connectivity index (χ0v) is 16.1. The van der Waals surface area contributed by atoms with Gasteiger partial charge in [0.25, 0.3) is 0 Å². The number of hydrogen-bond acceptors (Lipinski definition) is 7. The summed E-state index contributed by atoms with van der Waals surface area (Å²) in [7, 11) is 1.65. The number of amides is 1. The first-order valence-corrected chi connectivity index (χ1v) is 10.3. The molecule has 1 N–H and O–H groups in total. The van der Waals surface area contributed by atoms with E-state index in [1.54, 1.807) is 24.0 Å². The minimum Gasteiger partial charge on any atom is -0.497 e. The van der Waals surface area contributed by atoms with Gasteiger partial charge in [-0.3, -0.25) is 14.7 Å². The fourth-order valence-corrected chi connectivity index (χ4v) is 4.72. The Morgan fingerprint density at radius 1 is 1.38 bits per heavy atom. The highest BCUT2D eigenvalue weighted by Crippen LogP contribution is 2.34.